The number of carboxylic acids is 1. The van der Waals surface area contributed by atoms with Crippen LogP contribution in [0.5, 0.6) is 0 Å². The molecule has 0 saturated heterocycles. The van der Waals surface area contributed by atoms with Gasteiger partial charge in [0, 0.05) is 6.54 Å². The zero-order valence-corrected chi connectivity index (χ0v) is 8.21. The molecule has 5 heteroatoms. The molecule has 0 spiro atoms. The number of carbonyl (C=O) groups excluding carboxylic acids is 1. The first-order valence-corrected chi connectivity index (χ1v) is 4.62. The van der Waals surface area contributed by atoms with Crippen LogP contribution in [0.15, 0.2) is 0 Å². The Labute approximate surface area is 82.4 Å². The van der Waals surface area contributed by atoms with Crippen LogP contribution >= 0.6 is 0 Å². The zero-order valence-electron chi connectivity index (χ0n) is 8.21. The lowest BCUT2D eigenvalue weighted by Gasteiger charge is -2.40. The Bertz CT molecular complexity index is 235. The highest BCUT2D eigenvalue weighted by molar-refractivity contribution is 5.69. The summed E-state index contributed by atoms with van der Waals surface area (Å²) >= 11 is 0. The van der Waals surface area contributed by atoms with E-state index in [-0.39, 0.29) is 11.8 Å². The van der Waals surface area contributed by atoms with E-state index >= 15 is 0 Å². The molecule has 0 aromatic carbocycles. The number of carboxylic acid groups (broad SMARTS) is 1. The van der Waals surface area contributed by atoms with Crippen molar-refractivity contribution in [2.45, 2.75) is 25.7 Å². The van der Waals surface area contributed by atoms with Gasteiger partial charge >= 0.3 is 12.1 Å². The summed E-state index contributed by atoms with van der Waals surface area (Å²) in [6, 6.07) is 0. The van der Waals surface area contributed by atoms with Crippen LogP contribution in [0.3, 0.4) is 0 Å². The second-order valence-corrected chi connectivity index (χ2v) is 3.77. The minimum absolute atomic E-state index is 0.122. The van der Waals surface area contributed by atoms with Gasteiger partial charge in [-0.15, -0.1) is 0 Å². The van der Waals surface area contributed by atoms with Gasteiger partial charge in [-0.1, -0.05) is 6.42 Å². The minimum Gasteiger partial charge on any atom is -0.481 e. The van der Waals surface area contributed by atoms with Crippen molar-refractivity contribution in [3.05, 3.63) is 0 Å². The molecule has 5 nitrogen and oxygen atoms in total. The number of nitrogens with one attached hydrogen (secondary N) is 1. The van der Waals surface area contributed by atoms with Gasteiger partial charge in [0.25, 0.3) is 0 Å². The summed E-state index contributed by atoms with van der Waals surface area (Å²) in [7, 11) is 1.29. The molecule has 0 aromatic heterocycles. The molecule has 14 heavy (non-hydrogen) atoms. The Balaban J connectivity index is 2.37. The average molecular weight is 201 g/mol. The van der Waals surface area contributed by atoms with Crippen molar-refractivity contribution in [3.63, 3.8) is 0 Å². The fraction of sp³-hybridized carbons (Fsp3) is 0.778. The number of hydrogen-bond donors (Lipinski definition) is 2. The van der Waals surface area contributed by atoms with Crippen LogP contribution in [0.1, 0.15) is 25.7 Å². The van der Waals surface area contributed by atoms with Crippen LogP contribution in [-0.4, -0.2) is 30.8 Å². The average Bonchev–Trinajstić information content (AvgIpc) is 2.08. The Morgan fingerprint density at radius 1 is 1.50 bits per heavy atom. The van der Waals surface area contributed by atoms with Crippen LogP contribution in [0, 0.1) is 5.41 Å². The van der Waals surface area contributed by atoms with Gasteiger partial charge < -0.3 is 15.2 Å². The van der Waals surface area contributed by atoms with E-state index in [1.54, 1.807) is 0 Å². The molecule has 0 aromatic rings. The van der Waals surface area contributed by atoms with E-state index in [0.717, 1.165) is 19.3 Å². The molecular formula is C9H15NO4. The number of aliphatic carboxylic acids is 1. The summed E-state index contributed by atoms with van der Waals surface area (Å²) in [5.41, 5.74) is -0.236. The number of ether oxygens (including phenoxy) is 1. The Hall–Kier alpha value is -1.26. The normalized spacial score (nSPS) is 18.1. The predicted octanol–water partition coefficient (Wildman–Crippen LogP) is 0.987. The molecule has 1 rings (SSSR count). The molecule has 1 aliphatic rings. The van der Waals surface area contributed by atoms with Crippen LogP contribution < -0.4 is 5.32 Å². The Morgan fingerprint density at radius 3 is 2.50 bits per heavy atom. The number of rotatable bonds is 4. The molecule has 2 N–H and O–H groups in total. The topological polar surface area (TPSA) is 75.6 Å². The van der Waals surface area contributed by atoms with E-state index in [1.165, 1.54) is 7.11 Å². The third-order valence-electron chi connectivity index (χ3n) is 2.73. The highest BCUT2D eigenvalue weighted by atomic mass is 16.5. The minimum atomic E-state index is -0.809. The molecule has 0 aliphatic heterocycles. The molecule has 1 amide bonds. The van der Waals surface area contributed by atoms with Crippen molar-refractivity contribution in [3.8, 4) is 0 Å². The first kappa shape index (κ1) is 10.8. The van der Waals surface area contributed by atoms with E-state index in [1.807, 2.05) is 0 Å². The van der Waals surface area contributed by atoms with E-state index in [4.69, 9.17) is 5.11 Å². The standard InChI is InChI=1S/C9H15NO4/c1-14-8(13)10-6-9(3-2-4-9)5-7(11)12/h2-6H2,1H3,(H,10,13)(H,11,12). The van der Waals surface area contributed by atoms with E-state index < -0.39 is 12.1 Å². The van der Waals surface area contributed by atoms with Gasteiger partial charge in [-0.3, -0.25) is 4.79 Å². The van der Waals surface area contributed by atoms with Crippen LogP contribution in [0.2, 0.25) is 0 Å². The number of carbonyl (C=O) groups is 2. The highest BCUT2D eigenvalue weighted by Crippen LogP contribution is 2.43. The summed E-state index contributed by atoms with van der Waals surface area (Å²) in [6.45, 7) is 0.395. The molecule has 80 valence electrons. The maximum atomic E-state index is 10.8. The van der Waals surface area contributed by atoms with E-state index in [9.17, 15) is 9.59 Å². The summed E-state index contributed by atoms with van der Waals surface area (Å²) in [5.74, 6) is -0.809. The molecule has 1 saturated carbocycles. The number of amides is 1. The monoisotopic (exact) mass is 201 g/mol. The van der Waals surface area contributed by atoms with Crippen LogP contribution in [0.25, 0.3) is 0 Å². The summed E-state index contributed by atoms with van der Waals surface area (Å²) in [5, 5.41) is 11.2. The highest BCUT2D eigenvalue weighted by Gasteiger charge is 2.39. The molecule has 0 atom stereocenters. The van der Waals surface area contributed by atoms with Gasteiger partial charge in [0.15, 0.2) is 0 Å². The molecule has 0 bridgehead atoms. The molecule has 1 aliphatic carbocycles. The fourth-order valence-electron chi connectivity index (χ4n) is 1.75. The van der Waals surface area contributed by atoms with Gasteiger partial charge in [-0.2, -0.15) is 0 Å². The van der Waals surface area contributed by atoms with E-state index in [2.05, 4.69) is 10.1 Å². The van der Waals surface area contributed by atoms with Crippen molar-refractivity contribution < 1.29 is 19.4 Å². The maximum absolute atomic E-state index is 10.8. The summed E-state index contributed by atoms with van der Waals surface area (Å²) < 4.78 is 4.42. The number of alkyl carbamates (subject to hydrolysis) is 1. The fourth-order valence-corrected chi connectivity index (χ4v) is 1.75. The molecule has 0 heterocycles. The maximum Gasteiger partial charge on any atom is 0.406 e. The van der Waals surface area contributed by atoms with Crippen molar-refractivity contribution in [2.24, 2.45) is 5.41 Å². The quantitative estimate of drug-likeness (QED) is 0.711. The lowest BCUT2D eigenvalue weighted by atomic mass is 9.66. The van der Waals surface area contributed by atoms with Crippen molar-refractivity contribution in [1.82, 2.24) is 5.32 Å². The first-order chi connectivity index (χ1) is 6.58. The van der Waals surface area contributed by atoms with Gasteiger partial charge in [0.05, 0.1) is 13.5 Å². The molecule has 0 radical (unpaired) electrons. The van der Waals surface area contributed by atoms with Gasteiger partial charge in [-0.05, 0) is 18.3 Å². The third kappa shape index (κ3) is 2.61. The zero-order chi connectivity index (χ0) is 10.6. The van der Waals surface area contributed by atoms with Gasteiger partial charge in [-0.25, -0.2) is 4.79 Å². The number of methoxy groups -OCH3 is 1. The molecule has 0 unspecified atom stereocenters. The van der Waals surface area contributed by atoms with Crippen molar-refractivity contribution >= 4 is 12.1 Å². The predicted molar refractivity (Wildman–Crippen MR) is 48.9 cm³/mol. The smallest absolute Gasteiger partial charge is 0.406 e. The Kier molecular flexibility index (Phi) is 3.33. The summed E-state index contributed by atoms with van der Waals surface area (Å²) in [4.78, 5) is 21.4. The third-order valence-corrected chi connectivity index (χ3v) is 2.73. The lowest BCUT2D eigenvalue weighted by molar-refractivity contribution is -0.141. The molecular weight excluding hydrogens is 186 g/mol. The largest absolute Gasteiger partial charge is 0.481 e. The van der Waals surface area contributed by atoms with Crippen LogP contribution in [-0.2, 0) is 9.53 Å². The van der Waals surface area contributed by atoms with Gasteiger partial charge in [0.2, 0.25) is 0 Å². The lowest BCUT2D eigenvalue weighted by Crippen LogP contribution is -2.43. The van der Waals surface area contributed by atoms with E-state index in [0.29, 0.717) is 6.54 Å². The van der Waals surface area contributed by atoms with Crippen molar-refractivity contribution in [2.75, 3.05) is 13.7 Å². The second-order valence-electron chi connectivity index (χ2n) is 3.77. The van der Waals surface area contributed by atoms with Crippen LogP contribution in [0.4, 0.5) is 4.79 Å². The summed E-state index contributed by atoms with van der Waals surface area (Å²) in [6.07, 6.45) is 2.39. The van der Waals surface area contributed by atoms with Crippen molar-refractivity contribution in [1.29, 1.82) is 0 Å². The SMILES string of the molecule is COC(=O)NCC1(CC(=O)O)CCC1. The number of hydrogen-bond acceptors (Lipinski definition) is 3. The first-order valence-electron chi connectivity index (χ1n) is 4.62. The molecule has 1 fully saturated rings. The Morgan fingerprint density at radius 2 is 2.14 bits per heavy atom. The van der Waals surface area contributed by atoms with Gasteiger partial charge in [0.1, 0.15) is 0 Å². The second kappa shape index (κ2) is 4.30.